The molecule has 0 aromatic carbocycles. The Labute approximate surface area is 121 Å². The van der Waals surface area contributed by atoms with Gasteiger partial charge in [0.25, 0.3) is 0 Å². The molecule has 0 aliphatic carbocycles. The van der Waals surface area contributed by atoms with Gasteiger partial charge in [-0.25, -0.2) is 12.7 Å². The van der Waals surface area contributed by atoms with E-state index >= 15 is 0 Å². The molecule has 0 bridgehead atoms. The van der Waals surface area contributed by atoms with E-state index in [0.29, 0.717) is 30.2 Å². The van der Waals surface area contributed by atoms with E-state index in [1.165, 1.54) is 4.31 Å². The van der Waals surface area contributed by atoms with E-state index in [9.17, 15) is 8.42 Å². The SMILES string of the molecule is CCS(=O)(=O)N1CC(CNc2snc(Cl)c2C#N)C1. The van der Waals surface area contributed by atoms with Crippen molar-refractivity contribution in [2.45, 2.75) is 6.92 Å². The third-order valence-corrected chi connectivity index (χ3v) is 5.99. The van der Waals surface area contributed by atoms with E-state index in [2.05, 4.69) is 9.69 Å². The van der Waals surface area contributed by atoms with E-state index in [1.54, 1.807) is 6.92 Å². The summed E-state index contributed by atoms with van der Waals surface area (Å²) in [7, 11) is -3.06. The van der Waals surface area contributed by atoms with E-state index in [-0.39, 0.29) is 16.8 Å². The minimum atomic E-state index is -3.06. The summed E-state index contributed by atoms with van der Waals surface area (Å²) < 4.78 is 28.5. The third kappa shape index (κ3) is 3.00. The van der Waals surface area contributed by atoms with Crippen molar-refractivity contribution in [3.8, 4) is 6.07 Å². The maximum absolute atomic E-state index is 11.5. The molecule has 2 heterocycles. The van der Waals surface area contributed by atoms with Crippen LogP contribution in [0, 0.1) is 17.2 Å². The summed E-state index contributed by atoms with van der Waals surface area (Å²) in [6.07, 6.45) is 0. The first-order valence-corrected chi connectivity index (χ1v) is 8.51. The predicted molar refractivity (Wildman–Crippen MR) is 74.9 cm³/mol. The van der Waals surface area contributed by atoms with Crippen molar-refractivity contribution in [2.24, 2.45) is 5.92 Å². The lowest BCUT2D eigenvalue weighted by Crippen LogP contribution is -2.52. The molecule has 1 aromatic rings. The van der Waals surface area contributed by atoms with Gasteiger partial charge in [-0.1, -0.05) is 11.6 Å². The smallest absolute Gasteiger partial charge is 0.213 e. The summed E-state index contributed by atoms with van der Waals surface area (Å²) in [4.78, 5) is 0. The molecule has 9 heteroatoms. The third-order valence-electron chi connectivity index (χ3n) is 3.00. The summed E-state index contributed by atoms with van der Waals surface area (Å²) >= 11 is 6.90. The normalized spacial score (nSPS) is 16.9. The Morgan fingerprint density at radius 3 is 2.89 bits per heavy atom. The molecule has 2 rings (SSSR count). The van der Waals surface area contributed by atoms with Crippen molar-refractivity contribution in [1.29, 1.82) is 5.26 Å². The molecule has 0 spiro atoms. The first kappa shape index (κ1) is 14.5. The second kappa shape index (κ2) is 5.63. The van der Waals surface area contributed by atoms with Crippen molar-refractivity contribution >= 4 is 38.2 Å². The van der Waals surface area contributed by atoms with Crippen LogP contribution in [0.5, 0.6) is 0 Å². The maximum Gasteiger partial charge on any atom is 0.213 e. The van der Waals surface area contributed by atoms with Crippen LogP contribution in [0.1, 0.15) is 12.5 Å². The van der Waals surface area contributed by atoms with Crippen LogP contribution in [-0.4, -0.2) is 42.5 Å². The van der Waals surface area contributed by atoms with Gasteiger partial charge < -0.3 is 5.32 Å². The number of aromatic nitrogens is 1. The van der Waals surface area contributed by atoms with Gasteiger partial charge >= 0.3 is 0 Å². The van der Waals surface area contributed by atoms with E-state index in [1.807, 2.05) is 6.07 Å². The molecular weight excluding hydrogens is 308 g/mol. The molecular formula is C10H13ClN4O2S2. The largest absolute Gasteiger partial charge is 0.374 e. The monoisotopic (exact) mass is 320 g/mol. The van der Waals surface area contributed by atoms with Crippen LogP contribution < -0.4 is 5.32 Å². The molecule has 0 radical (unpaired) electrons. The zero-order valence-corrected chi connectivity index (χ0v) is 12.6. The number of halogens is 1. The molecule has 104 valence electrons. The Hall–Kier alpha value is -0.880. The molecule has 1 saturated heterocycles. The van der Waals surface area contributed by atoms with Gasteiger partial charge in [0.2, 0.25) is 10.0 Å². The highest BCUT2D eigenvalue weighted by Gasteiger charge is 2.34. The van der Waals surface area contributed by atoms with E-state index in [4.69, 9.17) is 16.9 Å². The van der Waals surface area contributed by atoms with Gasteiger partial charge in [0, 0.05) is 25.6 Å². The molecule has 0 saturated carbocycles. The Balaban J connectivity index is 1.85. The summed E-state index contributed by atoms with van der Waals surface area (Å²) in [5.74, 6) is 0.393. The van der Waals surface area contributed by atoms with Crippen LogP contribution >= 0.6 is 23.1 Å². The fourth-order valence-corrected chi connectivity index (χ4v) is 3.97. The lowest BCUT2D eigenvalue weighted by Gasteiger charge is -2.37. The molecule has 0 atom stereocenters. The van der Waals surface area contributed by atoms with Crippen molar-refractivity contribution in [2.75, 3.05) is 30.7 Å². The average Bonchev–Trinajstić information content (AvgIpc) is 2.67. The van der Waals surface area contributed by atoms with Crippen molar-refractivity contribution in [3.63, 3.8) is 0 Å². The number of nitrogens with one attached hydrogen (secondary N) is 1. The van der Waals surface area contributed by atoms with Crippen molar-refractivity contribution in [3.05, 3.63) is 10.7 Å². The van der Waals surface area contributed by atoms with Crippen LogP contribution in [0.15, 0.2) is 0 Å². The molecule has 6 nitrogen and oxygen atoms in total. The number of nitriles is 1. The minimum Gasteiger partial charge on any atom is -0.374 e. The number of hydrogen-bond donors (Lipinski definition) is 1. The molecule has 1 aromatic heterocycles. The Morgan fingerprint density at radius 1 is 1.63 bits per heavy atom. The Kier molecular flexibility index (Phi) is 4.30. The number of hydrogen-bond acceptors (Lipinski definition) is 6. The average molecular weight is 321 g/mol. The zero-order valence-electron chi connectivity index (χ0n) is 10.3. The Morgan fingerprint density at radius 2 is 2.32 bits per heavy atom. The van der Waals surface area contributed by atoms with Crippen LogP contribution in [0.25, 0.3) is 0 Å². The second-order valence-electron chi connectivity index (χ2n) is 4.25. The quantitative estimate of drug-likeness (QED) is 0.885. The highest BCUT2D eigenvalue weighted by Crippen LogP contribution is 2.28. The van der Waals surface area contributed by atoms with Gasteiger partial charge in [-0.3, -0.25) is 0 Å². The van der Waals surface area contributed by atoms with Gasteiger partial charge in [0.15, 0.2) is 5.15 Å². The lowest BCUT2D eigenvalue weighted by molar-refractivity contribution is 0.212. The van der Waals surface area contributed by atoms with Crippen LogP contribution in [0.3, 0.4) is 0 Å². The topological polar surface area (TPSA) is 86.1 Å². The fourth-order valence-electron chi connectivity index (χ4n) is 1.79. The van der Waals surface area contributed by atoms with Gasteiger partial charge in [-0.05, 0) is 18.5 Å². The number of nitrogens with zero attached hydrogens (tertiary/aromatic N) is 3. The first-order chi connectivity index (χ1) is 8.97. The summed E-state index contributed by atoms with van der Waals surface area (Å²) in [6, 6.07) is 1.99. The van der Waals surface area contributed by atoms with E-state index in [0.717, 1.165) is 11.5 Å². The van der Waals surface area contributed by atoms with Gasteiger partial charge in [-0.15, -0.1) is 0 Å². The number of sulfonamides is 1. The second-order valence-corrected chi connectivity index (χ2v) is 7.64. The number of anilines is 1. The lowest BCUT2D eigenvalue weighted by atomic mass is 10.0. The predicted octanol–water partition coefficient (Wildman–Crippen LogP) is 1.36. The van der Waals surface area contributed by atoms with Gasteiger partial charge in [0.1, 0.15) is 16.6 Å². The molecule has 0 amide bonds. The summed E-state index contributed by atoms with van der Waals surface area (Å²) in [5, 5.41) is 12.9. The van der Waals surface area contributed by atoms with E-state index < -0.39 is 10.0 Å². The van der Waals surface area contributed by atoms with Crippen molar-refractivity contribution in [1.82, 2.24) is 8.68 Å². The fraction of sp³-hybridized carbons (Fsp3) is 0.600. The maximum atomic E-state index is 11.5. The highest BCUT2D eigenvalue weighted by molar-refractivity contribution is 7.89. The molecule has 19 heavy (non-hydrogen) atoms. The summed E-state index contributed by atoms with van der Waals surface area (Å²) in [5.41, 5.74) is 0.351. The van der Waals surface area contributed by atoms with Crippen molar-refractivity contribution < 1.29 is 8.42 Å². The first-order valence-electron chi connectivity index (χ1n) is 5.75. The zero-order chi connectivity index (χ0) is 14.0. The molecule has 1 aliphatic heterocycles. The van der Waals surface area contributed by atoms with Gasteiger partial charge in [-0.2, -0.15) is 9.64 Å². The summed E-state index contributed by atoms with van der Waals surface area (Å²) in [6.45, 7) is 3.30. The van der Waals surface area contributed by atoms with Crippen LogP contribution in [0.2, 0.25) is 5.15 Å². The van der Waals surface area contributed by atoms with Crippen LogP contribution in [0.4, 0.5) is 5.00 Å². The Bertz CT molecular complexity index is 602. The van der Waals surface area contributed by atoms with Crippen LogP contribution in [-0.2, 0) is 10.0 Å². The molecule has 1 aliphatic rings. The standard InChI is InChI=1S/C10H13ClN4O2S2/c1-2-19(16,17)15-5-7(6-15)4-13-10-8(3-12)9(11)14-18-10/h7,13H,2,4-6H2,1H3. The minimum absolute atomic E-state index is 0.135. The molecule has 1 fully saturated rings. The highest BCUT2D eigenvalue weighted by atomic mass is 35.5. The molecule has 0 unspecified atom stereocenters. The molecule has 1 N–H and O–H groups in total. The van der Waals surface area contributed by atoms with Gasteiger partial charge in [0.05, 0.1) is 5.75 Å². The number of rotatable bonds is 5.